The first-order valence-electron chi connectivity index (χ1n) is 7.20. The number of rotatable bonds is 5. The lowest BCUT2D eigenvalue weighted by atomic mass is 10.2. The van der Waals surface area contributed by atoms with Crippen molar-refractivity contribution in [2.45, 2.75) is 4.90 Å². The van der Waals surface area contributed by atoms with Gasteiger partial charge in [-0.2, -0.15) is 5.10 Å². The molecule has 3 N–H and O–H groups in total. The van der Waals surface area contributed by atoms with Gasteiger partial charge in [0, 0.05) is 19.7 Å². The van der Waals surface area contributed by atoms with Crippen molar-refractivity contribution in [3.8, 4) is 11.5 Å². The van der Waals surface area contributed by atoms with Gasteiger partial charge in [0.2, 0.25) is 10.0 Å². The molecular formula is C16H16ClN3O5S. The van der Waals surface area contributed by atoms with E-state index in [1.54, 1.807) is 0 Å². The molecule has 26 heavy (non-hydrogen) atoms. The van der Waals surface area contributed by atoms with Gasteiger partial charge in [-0.1, -0.05) is 17.7 Å². The summed E-state index contributed by atoms with van der Waals surface area (Å²) in [6.45, 7) is 0. The van der Waals surface area contributed by atoms with E-state index in [4.69, 9.17) is 11.6 Å². The van der Waals surface area contributed by atoms with Crippen LogP contribution in [0.5, 0.6) is 11.5 Å². The van der Waals surface area contributed by atoms with Crippen molar-refractivity contribution in [2.24, 2.45) is 5.10 Å². The van der Waals surface area contributed by atoms with Gasteiger partial charge in [-0.25, -0.2) is 18.1 Å². The molecule has 0 atom stereocenters. The minimum atomic E-state index is -3.66. The number of carbonyl (C=O) groups is 1. The van der Waals surface area contributed by atoms with Gasteiger partial charge in [-0.3, -0.25) is 4.79 Å². The Kier molecular flexibility index (Phi) is 5.86. The van der Waals surface area contributed by atoms with Gasteiger partial charge in [0.25, 0.3) is 5.91 Å². The van der Waals surface area contributed by atoms with E-state index in [9.17, 15) is 23.4 Å². The van der Waals surface area contributed by atoms with Crippen LogP contribution < -0.4 is 5.43 Å². The largest absolute Gasteiger partial charge is 0.504 e. The highest BCUT2D eigenvalue weighted by Crippen LogP contribution is 2.33. The van der Waals surface area contributed by atoms with Crippen molar-refractivity contribution in [3.05, 3.63) is 52.5 Å². The molecule has 0 unspecified atom stereocenters. The highest BCUT2D eigenvalue weighted by Gasteiger charge is 2.18. The average molecular weight is 398 g/mol. The number of hydrazone groups is 1. The number of amides is 1. The first-order chi connectivity index (χ1) is 12.1. The summed E-state index contributed by atoms with van der Waals surface area (Å²) in [6.07, 6.45) is 1.21. The van der Waals surface area contributed by atoms with E-state index in [-0.39, 0.29) is 15.5 Å². The molecule has 138 valence electrons. The number of nitrogens with zero attached hydrogens (tertiary/aromatic N) is 2. The number of hydrogen-bond donors (Lipinski definition) is 3. The second kappa shape index (κ2) is 7.73. The maximum Gasteiger partial charge on any atom is 0.271 e. The van der Waals surface area contributed by atoms with Gasteiger partial charge in [0.1, 0.15) is 0 Å². The molecule has 2 rings (SSSR count). The fraction of sp³-hybridized carbons (Fsp3) is 0.125. The second-order valence-electron chi connectivity index (χ2n) is 5.38. The minimum Gasteiger partial charge on any atom is -0.504 e. The zero-order valence-electron chi connectivity index (χ0n) is 13.8. The number of phenolic OH excluding ortho intramolecular Hbond substituents is 2. The van der Waals surface area contributed by atoms with Gasteiger partial charge in [-0.15, -0.1) is 0 Å². The van der Waals surface area contributed by atoms with Gasteiger partial charge in [0.15, 0.2) is 11.5 Å². The Balaban J connectivity index is 2.16. The Morgan fingerprint density at radius 2 is 1.92 bits per heavy atom. The van der Waals surface area contributed by atoms with Gasteiger partial charge in [-0.05, 0) is 35.9 Å². The Labute approximate surface area is 155 Å². The number of carbonyl (C=O) groups excluding carboxylic acids is 1. The molecule has 0 aliphatic rings. The third kappa shape index (κ3) is 4.31. The summed E-state index contributed by atoms with van der Waals surface area (Å²) >= 11 is 5.72. The van der Waals surface area contributed by atoms with E-state index in [1.807, 2.05) is 0 Å². The van der Waals surface area contributed by atoms with Crippen LogP contribution in [0.1, 0.15) is 15.9 Å². The predicted octanol–water partition coefficient (Wildman–Crippen LogP) is 1.77. The topological polar surface area (TPSA) is 119 Å². The summed E-state index contributed by atoms with van der Waals surface area (Å²) in [5.74, 6) is -1.50. The molecular weight excluding hydrogens is 382 g/mol. The van der Waals surface area contributed by atoms with E-state index in [0.717, 1.165) is 4.31 Å². The Morgan fingerprint density at radius 3 is 2.54 bits per heavy atom. The number of hydrogen-bond acceptors (Lipinski definition) is 6. The van der Waals surface area contributed by atoms with Gasteiger partial charge in [0.05, 0.1) is 16.1 Å². The van der Waals surface area contributed by atoms with Crippen molar-refractivity contribution >= 4 is 33.7 Å². The maximum atomic E-state index is 12.1. The van der Waals surface area contributed by atoms with Crippen LogP contribution in [0.3, 0.4) is 0 Å². The predicted molar refractivity (Wildman–Crippen MR) is 97.2 cm³/mol. The Bertz CT molecular complexity index is 951. The summed E-state index contributed by atoms with van der Waals surface area (Å²) in [5.41, 5.74) is 2.69. The molecule has 0 aliphatic heterocycles. The first-order valence-corrected chi connectivity index (χ1v) is 9.02. The second-order valence-corrected chi connectivity index (χ2v) is 7.94. The molecule has 2 aromatic rings. The summed E-state index contributed by atoms with van der Waals surface area (Å²) in [6, 6.07) is 8.08. The van der Waals surface area contributed by atoms with Crippen molar-refractivity contribution in [3.63, 3.8) is 0 Å². The summed E-state index contributed by atoms with van der Waals surface area (Å²) in [7, 11) is -0.874. The summed E-state index contributed by atoms with van der Waals surface area (Å²) < 4.78 is 25.3. The average Bonchev–Trinajstić information content (AvgIpc) is 2.59. The van der Waals surface area contributed by atoms with Gasteiger partial charge >= 0.3 is 0 Å². The number of halogens is 1. The van der Waals surface area contributed by atoms with Crippen LogP contribution in [-0.2, 0) is 10.0 Å². The van der Waals surface area contributed by atoms with Crippen LogP contribution in [0.15, 0.2) is 46.4 Å². The molecule has 10 heteroatoms. The molecule has 0 heterocycles. The molecule has 0 spiro atoms. The molecule has 0 saturated carbocycles. The summed E-state index contributed by atoms with van der Waals surface area (Å²) in [4.78, 5) is 12.1. The molecule has 8 nitrogen and oxygen atoms in total. The highest BCUT2D eigenvalue weighted by atomic mass is 35.5. The van der Waals surface area contributed by atoms with E-state index in [2.05, 4.69) is 10.5 Å². The standard InChI is InChI=1S/C16H16ClN3O5S/c1-20(2)26(24,25)12-5-3-4-11(8-12)16(23)19-18-9-10-6-13(17)15(22)14(21)7-10/h3-9,21-22H,1-2H3,(H,19,23)/b18-9+. The molecule has 0 aliphatic carbocycles. The van der Waals surface area contributed by atoms with Crippen LogP contribution in [0.4, 0.5) is 0 Å². The van der Waals surface area contributed by atoms with Crippen LogP contribution in [0.25, 0.3) is 0 Å². The molecule has 0 fully saturated rings. The molecule has 0 aromatic heterocycles. The fourth-order valence-electron chi connectivity index (χ4n) is 1.92. The molecule has 0 bridgehead atoms. The number of phenols is 2. The Hall–Kier alpha value is -2.62. The van der Waals surface area contributed by atoms with Gasteiger partial charge < -0.3 is 10.2 Å². The fourth-order valence-corrected chi connectivity index (χ4v) is 3.09. The van der Waals surface area contributed by atoms with Crippen LogP contribution >= 0.6 is 11.6 Å². The number of sulfonamides is 1. The minimum absolute atomic E-state index is 0.0191. The normalized spacial score (nSPS) is 11.8. The molecule has 2 aromatic carbocycles. The van der Waals surface area contributed by atoms with Crippen molar-refractivity contribution in [1.82, 2.24) is 9.73 Å². The van der Waals surface area contributed by atoms with Crippen LogP contribution in [0.2, 0.25) is 5.02 Å². The SMILES string of the molecule is CN(C)S(=O)(=O)c1cccc(C(=O)N/N=C/c2cc(O)c(O)c(Cl)c2)c1. The zero-order chi connectivity index (χ0) is 19.5. The Morgan fingerprint density at radius 1 is 1.23 bits per heavy atom. The smallest absolute Gasteiger partial charge is 0.271 e. The maximum absolute atomic E-state index is 12.1. The van der Waals surface area contributed by atoms with E-state index < -0.39 is 27.4 Å². The lowest BCUT2D eigenvalue weighted by molar-refractivity contribution is 0.0955. The quantitative estimate of drug-likeness (QED) is 0.403. The summed E-state index contributed by atoms with van der Waals surface area (Å²) in [5, 5.41) is 22.5. The monoisotopic (exact) mass is 397 g/mol. The lowest BCUT2D eigenvalue weighted by Crippen LogP contribution is -2.23. The van der Waals surface area contributed by atoms with E-state index in [1.165, 1.54) is 56.7 Å². The van der Waals surface area contributed by atoms with Crippen molar-refractivity contribution in [2.75, 3.05) is 14.1 Å². The lowest BCUT2D eigenvalue weighted by Gasteiger charge is -2.11. The number of benzene rings is 2. The molecule has 0 radical (unpaired) electrons. The number of aromatic hydroxyl groups is 2. The third-order valence-electron chi connectivity index (χ3n) is 3.32. The van der Waals surface area contributed by atoms with Crippen molar-refractivity contribution < 1.29 is 23.4 Å². The van der Waals surface area contributed by atoms with E-state index in [0.29, 0.717) is 5.56 Å². The molecule has 1 amide bonds. The van der Waals surface area contributed by atoms with Crippen LogP contribution in [-0.4, -0.2) is 49.2 Å². The van der Waals surface area contributed by atoms with E-state index >= 15 is 0 Å². The third-order valence-corrected chi connectivity index (χ3v) is 5.42. The number of nitrogens with one attached hydrogen (secondary N) is 1. The first kappa shape index (κ1) is 19.7. The zero-order valence-corrected chi connectivity index (χ0v) is 15.4. The van der Waals surface area contributed by atoms with Crippen molar-refractivity contribution in [1.29, 1.82) is 0 Å². The highest BCUT2D eigenvalue weighted by molar-refractivity contribution is 7.89. The molecule has 0 saturated heterocycles. The van der Waals surface area contributed by atoms with Crippen LogP contribution in [0, 0.1) is 0 Å².